The van der Waals surface area contributed by atoms with Crippen LogP contribution in [0.2, 0.25) is 0 Å². The molecule has 0 aliphatic rings. The van der Waals surface area contributed by atoms with E-state index in [1.165, 1.54) is 30.3 Å². The fourth-order valence-electron chi connectivity index (χ4n) is 3.28. The first-order valence-electron chi connectivity index (χ1n) is 10.1. The zero-order chi connectivity index (χ0) is 22.5. The Bertz CT molecular complexity index is 1210. The summed E-state index contributed by atoms with van der Waals surface area (Å²) in [7, 11) is 0. The second kappa shape index (κ2) is 9.42. The second-order valence-electron chi connectivity index (χ2n) is 6.98. The van der Waals surface area contributed by atoms with Crippen molar-refractivity contribution < 1.29 is 13.6 Å². The number of halogens is 2. The highest BCUT2D eigenvalue weighted by atomic mass is 19.1. The van der Waals surface area contributed by atoms with Crippen molar-refractivity contribution in [2.24, 2.45) is 0 Å². The van der Waals surface area contributed by atoms with Crippen LogP contribution in [0.3, 0.4) is 0 Å². The maximum Gasteiger partial charge on any atom is 0.254 e. The summed E-state index contributed by atoms with van der Waals surface area (Å²) < 4.78 is 28.6. The number of pyridine rings is 1. The predicted molar refractivity (Wildman–Crippen MR) is 114 cm³/mol. The van der Waals surface area contributed by atoms with Crippen LogP contribution in [0, 0.1) is 11.6 Å². The van der Waals surface area contributed by atoms with Gasteiger partial charge in [0, 0.05) is 43.7 Å². The molecule has 32 heavy (non-hydrogen) atoms. The Balaban J connectivity index is 1.51. The molecule has 3 aromatic heterocycles. The van der Waals surface area contributed by atoms with Crippen molar-refractivity contribution >= 4 is 5.91 Å². The number of carbonyl (C=O) groups excluding carboxylic acids is 1. The Hall–Kier alpha value is -4.01. The van der Waals surface area contributed by atoms with Crippen LogP contribution in [0.15, 0.2) is 67.3 Å². The molecule has 0 fully saturated rings. The Labute approximate surface area is 183 Å². The number of amides is 1. The summed E-state index contributed by atoms with van der Waals surface area (Å²) in [6.07, 6.45) is 6.49. The van der Waals surface area contributed by atoms with E-state index in [0.717, 1.165) is 11.9 Å². The standard InChI is InChI=1S/C23H20F2N6O/c1-2-30(12-8-18-9-13-31(29-18)21-7-5-17(25)15-28-21)23(32)20-14-16(24)4-6-19(20)22-26-10-3-11-27-22/h3-7,9-11,13-15H,2,8,12H2,1H3. The van der Waals surface area contributed by atoms with Crippen LogP contribution >= 0.6 is 0 Å². The number of benzene rings is 1. The molecular formula is C23H20F2N6O. The lowest BCUT2D eigenvalue weighted by atomic mass is 10.0. The number of hydrogen-bond donors (Lipinski definition) is 0. The van der Waals surface area contributed by atoms with Gasteiger partial charge in [-0.2, -0.15) is 5.10 Å². The molecule has 0 N–H and O–H groups in total. The van der Waals surface area contributed by atoms with Crippen molar-refractivity contribution in [2.75, 3.05) is 13.1 Å². The smallest absolute Gasteiger partial charge is 0.254 e. The molecule has 1 amide bonds. The average Bonchev–Trinajstić information content (AvgIpc) is 3.29. The Morgan fingerprint density at radius 2 is 1.81 bits per heavy atom. The molecule has 9 heteroatoms. The van der Waals surface area contributed by atoms with Gasteiger partial charge in [-0.05, 0) is 49.4 Å². The molecule has 0 spiro atoms. The summed E-state index contributed by atoms with van der Waals surface area (Å²) in [4.78, 5) is 27.2. The minimum absolute atomic E-state index is 0.207. The van der Waals surface area contributed by atoms with Gasteiger partial charge in [-0.25, -0.2) is 28.4 Å². The van der Waals surface area contributed by atoms with E-state index in [9.17, 15) is 13.6 Å². The highest BCUT2D eigenvalue weighted by molar-refractivity contribution is 6.00. The molecule has 4 rings (SSSR count). The van der Waals surface area contributed by atoms with E-state index in [2.05, 4.69) is 20.1 Å². The van der Waals surface area contributed by atoms with Crippen LogP contribution in [0.4, 0.5) is 8.78 Å². The lowest BCUT2D eigenvalue weighted by Crippen LogP contribution is -2.33. The van der Waals surface area contributed by atoms with E-state index >= 15 is 0 Å². The molecule has 162 valence electrons. The van der Waals surface area contributed by atoms with Gasteiger partial charge in [0.05, 0.1) is 17.5 Å². The second-order valence-corrected chi connectivity index (χ2v) is 6.98. The molecule has 7 nitrogen and oxygen atoms in total. The van der Waals surface area contributed by atoms with Gasteiger partial charge in [0.15, 0.2) is 11.6 Å². The van der Waals surface area contributed by atoms with E-state index in [4.69, 9.17) is 0 Å². The summed E-state index contributed by atoms with van der Waals surface area (Å²) >= 11 is 0. The van der Waals surface area contributed by atoms with Crippen LogP contribution in [0.5, 0.6) is 0 Å². The molecule has 3 heterocycles. The fraction of sp³-hybridized carbons (Fsp3) is 0.174. The summed E-state index contributed by atoms with van der Waals surface area (Å²) in [6, 6.07) is 10.4. The first kappa shape index (κ1) is 21.2. The van der Waals surface area contributed by atoms with Gasteiger partial charge in [-0.1, -0.05) is 0 Å². The van der Waals surface area contributed by atoms with Gasteiger partial charge in [-0.15, -0.1) is 0 Å². The quantitative estimate of drug-likeness (QED) is 0.443. The number of rotatable bonds is 7. The molecule has 0 radical (unpaired) electrons. The number of hydrogen-bond acceptors (Lipinski definition) is 5. The lowest BCUT2D eigenvalue weighted by molar-refractivity contribution is 0.0766. The third kappa shape index (κ3) is 4.66. The molecular weight excluding hydrogens is 414 g/mol. The van der Waals surface area contributed by atoms with Gasteiger partial charge >= 0.3 is 0 Å². The molecule has 0 aliphatic carbocycles. The average molecular weight is 434 g/mol. The summed E-state index contributed by atoms with van der Waals surface area (Å²) in [5, 5.41) is 4.44. The van der Waals surface area contributed by atoms with Crippen LogP contribution in [0.25, 0.3) is 17.2 Å². The lowest BCUT2D eigenvalue weighted by Gasteiger charge is -2.22. The third-order valence-electron chi connectivity index (χ3n) is 4.92. The minimum Gasteiger partial charge on any atom is -0.339 e. The van der Waals surface area contributed by atoms with Crippen molar-refractivity contribution in [2.45, 2.75) is 13.3 Å². The van der Waals surface area contributed by atoms with E-state index in [1.54, 1.807) is 34.2 Å². The maximum atomic E-state index is 14.0. The van der Waals surface area contributed by atoms with Crippen molar-refractivity contribution in [3.8, 4) is 17.2 Å². The molecule has 0 aliphatic heterocycles. The Morgan fingerprint density at radius 1 is 1.03 bits per heavy atom. The molecule has 1 aromatic carbocycles. The maximum absolute atomic E-state index is 14.0. The first-order chi connectivity index (χ1) is 15.5. The normalized spacial score (nSPS) is 10.8. The van der Waals surface area contributed by atoms with Crippen LogP contribution in [0.1, 0.15) is 23.0 Å². The van der Waals surface area contributed by atoms with Crippen LogP contribution in [-0.4, -0.2) is 48.6 Å². The molecule has 4 aromatic rings. The highest BCUT2D eigenvalue weighted by Crippen LogP contribution is 2.23. The molecule has 0 atom stereocenters. The van der Waals surface area contributed by atoms with Crippen molar-refractivity contribution in [3.05, 3.63) is 90.1 Å². The monoisotopic (exact) mass is 434 g/mol. The largest absolute Gasteiger partial charge is 0.339 e. The van der Waals surface area contributed by atoms with Crippen molar-refractivity contribution in [1.82, 2.24) is 29.6 Å². The van der Waals surface area contributed by atoms with Gasteiger partial charge in [0.2, 0.25) is 0 Å². The number of carbonyl (C=O) groups is 1. The van der Waals surface area contributed by atoms with Gasteiger partial charge in [-0.3, -0.25) is 4.79 Å². The minimum atomic E-state index is -0.505. The van der Waals surface area contributed by atoms with E-state index in [-0.39, 0.29) is 11.5 Å². The first-order valence-corrected chi connectivity index (χ1v) is 10.1. The number of likely N-dealkylation sites (N-methyl/N-ethyl adjacent to an activating group) is 1. The highest BCUT2D eigenvalue weighted by Gasteiger charge is 2.21. The van der Waals surface area contributed by atoms with Crippen molar-refractivity contribution in [1.29, 1.82) is 0 Å². The fourth-order valence-corrected chi connectivity index (χ4v) is 3.28. The Kier molecular flexibility index (Phi) is 6.25. The van der Waals surface area contributed by atoms with Crippen LogP contribution < -0.4 is 0 Å². The number of aromatic nitrogens is 5. The van der Waals surface area contributed by atoms with Gasteiger partial charge in [0.25, 0.3) is 5.91 Å². The molecule has 0 saturated heterocycles. The van der Waals surface area contributed by atoms with Gasteiger partial charge < -0.3 is 4.90 Å². The van der Waals surface area contributed by atoms with Gasteiger partial charge in [0.1, 0.15) is 11.6 Å². The molecule has 0 unspecified atom stereocenters. The SMILES string of the molecule is CCN(CCc1ccn(-c2ccc(F)cn2)n1)C(=O)c1cc(F)ccc1-c1ncccn1. The van der Waals surface area contributed by atoms with E-state index < -0.39 is 11.6 Å². The zero-order valence-corrected chi connectivity index (χ0v) is 17.3. The Morgan fingerprint density at radius 3 is 2.53 bits per heavy atom. The summed E-state index contributed by atoms with van der Waals surface area (Å²) in [5.41, 5.74) is 1.43. The summed E-state index contributed by atoms with van der Waals surface area (Å²) in [5.74, 6) is -0.384. The predicted octanol–water partition coefficient (Wildman–Crippen LogP) is 3.71. The van der Waals surface area contributed by atoms with E-state index in [0.29, 0.717) is 36.7 Å². The van der Waals surface area contributed by atoms with Crippen molar-refractivity contribution in [3.63, 3.8) is 0 Å². The topological polar surface area (TPSA) is 76.8 Å². The van der Waals surface area contributed by atoms with Crippen LogP contribution in [-0.2, 0) is 6.42 Å². The summed E-state index contributed by atoms with van der Waals surface area (Å²) in [6.45, 7) is 2.68. The van der Waals surface area contributed by atoms with E-state index in [1.807, 2.05) is 13.0 Å². The third-order valence-corrected chi connectivity index (χ3v) is 4.92. The molecule has 0 saturated carbocycles. The molecule has 0 bridgehead atoms. The number of nitrogens with zero attached hydrogens (tertiary/aromatic N) is 6. The zero-order valence-electron chi connectivity index (χ0n) is 17.3.